The summed E-state index contributed by atoms with van der Waals surface area (Å²) in [6.07, 6.45) is 0.888. The Morgan fingerprint density at radius 2 is 1.83 bits per heavy atom. The number of para-hydroxylation sites is 2. The van der Waals surface area contributed by atoms with Crippen LogP contribution in [0.1, 0.15) is 18.3 Å². The van der Waals surface area contributed by atoms with Crippen molar-refractivity contribution in [1.82, 2.24) is 9.97 Å². The van der Waals surface area contributed by atoms with Gasteiger partial charge in [0.15, 0.2) is 0 Å². The highest BCUT2D eigenvalue weighted by atomic mass is 32.2. The van der Waals surface area contributed by atoms with E-state index in [9.17, 15) is 4.79 Å². The highest BCUT2D eigenvalue weighted by Crippen LogP contribution is 2.25. The highest BCUT2D eigenvalue weighted by molar-refractivity contribution is 8.00. The van der Waals surface area contributed by atoms with Gasteiger partial charge in [-0.25, -0.2) is 9.97 Å². The molecule has 0 unspecified atom stereocenters. The number of aryl methyl sites for hydroxylation is 2. The van der Waals surface area contributed by atoms with E-state index in [1.54, 1.807) is 0 Å². The van der Waals surface area contributed by atoms with Gasteiger partial charge in [0.05, 0.1) is 11.3 Å². The van der Waals surface area contributed by atoms with Gasteiger partial charge in [0.25, 0.3) is 0 Å². The molecule has 1 amide bonds. The second-order valence-corrected chi connectivity index (χ2v) is 6.40. The lowest BCUT2D eigenvalue weighted by atomic mass is 10.1. The van der Waals surface area contributed by atoms with Crippen molar-refractivity contribution in [3.63, 3.8) is 0 Å². The van der Waals surface area contributed by atoms with Crippen LogP contribution in [0.15, 0.2) is 53.6 Å². The number of thioether (sulfide) groups is 1. The van der Waals surface area contributed by atoms with Crippen molar-refractivity contribution < 1.29 is 4.79 Å². The molecule has 0 aliphatic heterocycles. The Morgan fingerprint density at radius 1 is 1.08 bits per heavy atom. The van der Waals surface area contributed by atoms with Crippen LogP contribution in [0.5, 0.6) is 0 Å². The number of rotatable bonds is 5. The SMILES string of the molecule is CCc1ccccc1NC(=O)CSc1nc(C)nc2ccccc12. The normalized spacial score (nSPS) is 10.8. The summed E-state index contributed by atoms with van der Waals surface area (Å²) in [5.41, 5.74) is 2.93. The molecule has 0 bridgehead atoms. The summed E-state index contributed by atoms with van der Waals surface area (Å²) >= 11 is 1.44. The highest BCUT2D eigenvalue weighted by Gasteiger charge is 2.10. The molecule has 24 heavy (non-hydrogen) atoms. The summed E-state index contributed by atoms with van der Waals surface area (Å²) in [6, 6.07) is 15.8. The van der Waals surface area contributed by atoms with Crippen molar-refractivity contribution >= 4 is 34.3 Å². The van der Waals surface area contributed by atoms with E-state index in [0.29, 0.717) is 11.6 Å². The summed E-state index contributed by atoms with van der Waals surface area (Å²) in [7, 11) is 0. The number of nitrogens with one attached hydrogen (secondary N) is 1. The predicted octanol–water partition coefficient (Wildman–Crippen LogP) is 4.23. The van der Waals surface area contributed by atoms with Crippen LogP contribution in [-0.4, -0.2) is 21.6 Å². The Kier molecular flexibility index (Phi) is 5.11. The second-order valence-electron chi connectivity index (χ2n) is 5.44. The minimum Gasteiger partial charge on any atom is -0.325 e. The van der Waals surface area contributed by atoms with E-state index in [2.05, 4.69) is 22.2 Å². The lowest BCUT2D eigenvalue weighted by molar-refractivity contribution is -0.113. The van der Waals surface area contributed by atoms with Crippen LogP contribution in [0.25, 0.3) is 10.9 Å². The molecular weight excluding hydrogens is 318 g/mol. The third-order valence-corrected chi connectivity index (χ3v) is 4.68. The molecule has 0 aliphatic carbocycles. The van der Waals surface area contributed by atoms with Gasteiger partial charge in [-0.05, 0) is 31.0 Å². The van der Waals surface area contributed by atoms with Crippen LogP contribution >= 0.6 is 11.8 Å². The molecule has 3 rings (SSSR count). The Labute approximate surface area is 145 Å². The standard InChI is InChI=1S/C19H19N3OS/c1-3-14-8-4-6-10-16(14)22-18(23)12-24-19-15-9-5-7-11-17(15)20-13(2)21-19/h4-11H,3,12H2,1-2H3,(H,22,23). The van der Waals surface area contributed by atoms with Gasteiger partial charge >= 0.3 is 0 Å². The number of fused-ring (bicyclic) bond motifs is 1. The van der Waals surface area contributed by atoms with E-state index in [0.717, 1.165) is 33.6 Å². The molecule has 0 spiro atoms. The number of hydrogen-bond donors (Lipinski definition) is 1. The predicted molar refractivity (Wildman–Crippen MR) is 99.4 cm³/mol. The molecule has 0 fully saturated rings. The smallest absolute Gasteiger partial charge is 0.234 e. The van der Waals surface area contributed by atoms with Crippen LogP contribution < -0.4 is 5.32 Å². The maximum absolute atomic E-state index is 12.3. The van der Waals surface area contributed by atoms with Crippen LogP contribution in [0.3, 0.4) is 0 Å². The lowest BCUT2D eigenvalue weighted by Crippen LogP contribution is -2.15. The number of carbonyl (C=O) groups excluding carboxylic acids is 1. The van der Waals surface area contributed by atoms with Gasteiger partial charge in [-0.1, -0.05) is 55.1 Å². The fourth-order valence-corrected chi connectivity index (χ4v) is 3.40. The van der Waals surface area contributed by atoms with E-state index in [-0.39, 0.29) is 5.91 Å². The Bertz CT molecular complexity index is 879. The van der Waals surface area contributed by atoms with Gasteiger partial charge in [0, 0.05) is 11.1 Å². The van der Waals surface area contributed by atoms with Crippen LogP contribution in [0, 0.1) is 6.92 Å². The van der Waals surface area contributed by atoms with E-state index >= 15 is 0 Å². The zero-order chi connectivity index (χ0) is 16.9. The molecule has 2 aromatic carbocycles. The molecule has 0 radical (unpaired) electrons. The summed E-state index contributed by atoms with van der Waals surface area (Å²) in [6.45, 7) is 3.95. The van der Waals surface area contributed by atoms with Crippen molar-refractivity contribution in [1.29, 1.82) is 0 Å². The number of nitrogens with zero attached hydrogens (tertiary/aromatic N) is 2. The topological polar surface area (TPSA) is 54.9 Å². The number of carbonyl (C=O) groups is 1. The van der Waals surface area contributed by atoms with Gasteiger partial charge in [-0.3, -0.25) is 4.79 Å². The van der Waals surface area contributed by atoms with Crippen molar-refractivity contribution in [3.05, 3.63) is 59.9 Å². The van der Waals surface area contributed by atoms with Gasteiger partial charge in [0.2, 0.25) is 5.91 Å². The molecule has 0 aliphatic rings. The third kappa shape index (κ3) is 3.74. The van der Waals surface area contributed by atoms with Gasteiger partial charge in [0.1, 0.15) is 10.9 Å². The Hall–Kier alpha value is -2.40. The minimum atomic E-state index is -0.0266. The first kappa shape index (κ1) is 16.5. The van der Waals surface area contributed by atoms with Gasteiger partial charge in [-0.2, -0.15) is 0 Å². The molecule has 0 atom stereocenters. The first-order valence-corrected chi connectivity index (χ1v) is 8.90. The van der Waals surface area contributed by atoms with Crippen molar-refractivity contribution in [2.24, 2.45) is 0 Å². The molecule has 1 aromatic heterocycles. The summed E-state index contributed by atoms with van der Waals surface area (Å²) in [5, 5.41) is 4.82. The fraction of sp³-hybridized carbons (Fsp3) is 0.211. The quantitative estimate of drug-likeness (QED) is 0.559. The van der Waals surface area contributed by atoms with E-state index in [4.69, 9.17) is 0 Å². The Morgan fingerprint density at radius 3 is 2.67 bits per heavy atom. The molecule has 4 nitrogen and oxygen atoms in total. The number of anilines is 1. The maximum Gasteiger partial charge on any atom is 0.234 e. The Balaban J connectivity index is 1.73. The summed E-state index contributed by atoms with van der Waals surface area (Å²) in [4.78, 5) is 21.2. The monoisotopic (exact) mass is 337 g/mol. The number of amides is 1. The molecule has 1 heterocycles. The minimum absolute atomic E-state index is 0.0266. The van der Waals surface area contributed by atoms with Crippen LogP contribution in [-0.2, 0) is 11.2 Å². The average Bonchev–Trinajstić information content (AvgIpc) is 2.60. The molecule has 5 heteroatoms. The van der Waals surface area contributed by atoms with E-state index in [1.807, 2.05) is 55.5 Å². The van der Waals surface area contributed by atoms with Crippen molar-refractivity contribution in [3.8, 4) is 0 Å². The van der Waals surface area contributed by atoms with Crippen molar-refractivity contribution in [2.45, 2.75) is 25.3 Å². The zero-order valence-electron chi connectivity index (χ0n) is 13.7. The number of benzene rings is 2. The fourth-order valence-electron chi connectivity index (χ4n) is 2.54. The summed E-state index contributed by atoms with van der Waals surface area (Å²) < 4.78 is 0. The first-order chi connectivity index (χ1) is 11.7. The molecule has 0 saturated carbocycles. The largest absolute Gasteiger partial charge is 0.325 e. The zero-order valence-corrected chi connectivity index (χ0v) is 14.6. The van der Waals surface area contributed by atoms with Crippen LogP contribution in [0.4, 0.5) is 5.69 Å². The van der Waals surface area contributed by atoms with Gasteiger partial charge in [-0.15, -0.1) is 0 Å². The first-order valence-electron chi connectivity index (χ1n) is 7.91. The number of aromatic nitrogens is 2. The van der Waals surface area contributed by atoms with Crippen molar-refractivity contribution in [2.75, 3.05) is 11.1 Å². The van der Waals surface area contributed by atoms with Crippen LogP contribution in [0.2, 0.25) is 0 Å². The maximum atomic E-state index is 12.3. The molecule has 1 N–H and O–H groups in total. The number of hydrogen-bond acceptors (Lipinski definition) is 4. The average molecular weight is 337 g/mol. The van der Waals surface area contributed by atoms with Gasteiger partial charge < -0.3 is 5.32 Å². The lowest BCUT2D eigenvalue weighted by Gasteiger charge is -2.10. The molecule has 122 valence electrons. The molecular formula is C19H19N3OS. The van der Waals surface area contributed by atoms with E-state index < -0.39 is 0 Å². The molecule has 0 saturated heterocycles. The second kappa shape index (κ2) is 7.45. The summed E-state index contributed by atoms with van der Waals surface area (Å²) in [5.74, 6) is 1.01. The third-order valence-electron chi connectivity index (χ3n) is 3.69. The van der Waals surface area contributed by atoms with E-state index in [1.165, 1.54) is 11.8 Å². The molecule has 3 aromatic rings.